The number of hydrogen-bond acceptors (Lipinski definition) is 6. The summed E-state index contributed by atoms with van der Waals surface area (Å²) in [5.74, 6) is -0.207. The minimum absolute atomic E-state index is 0.0159. The third-order valence-corrected chi connectivity index (χ3v) is 5.87. The molecule has 1 aliphatic heterocycles. The molecule has 1 fully saturated rings. The van der Waals surface area contributed by atoms with Crippen molar-refractivity contribution in [2.24, 2.45) is 5.92 Å². The molecule has 0 spiro atoms. The fraction of sp³-hybridized carbons (Fsp3) is 0.300. The molecular weight excluding hydrogens is 396 g/mol. The number of anilines is 2. The van der Waals surface area contributed by atoms with Crippen LogP contribution in [0.4, 0.5) is 11.4 Å². The Morgan fingerprint density at radius 3 is 2.52 bits per heavy atom. The van der Waals surface area contributed by atoms with Gasteiger partial charge in [-0.05, 0) is 24.3 Å². The smallest absolute Gasteiger partial charge is 0.229 e. The second-order valence-electron chi connectivity index (χ2n) is 6.70. The summed E-state index contributed by atoms with van der Waals surface area (Å²) in [6.07, 6.45) is 1.09. The monoisotopic (exact) mass is 418 g/mol. The molecule has 0 aliphatic carbocycles. The van der Waals surface area contributed by atoms with E-state index in [1.165, 1.54) is 31.3 Å². The summed E-state index contributed by atoms with van der Waals surface area (Å²) in [6.45, 7) is 0.161. The Balaban J connectivity index is 1.80. The van der Waals surface area contributed by atoms with E-state index in [1.54, 1.807) is 30.3 Å². The van der Waals surface area contributed by atoms with Gasteiger partial charge in [-0.1, -0.05) is 12.1 Å². The summed E-state index contributed by atoms with van der Waals surface area (Å²) in [4.78, 5) is 26.8. The lowest BCUT2D eigenvalue weighted by Crippen LogP contribution is -2.28. The summed E-state index contributed by atoms with van der Waals surface area (Å²) in [6, 6.07) is 11.3. The van der Waals surface area contributed by atoms with Crippen LogP contribution in [0.5, 0.6) is 11.5 Å². The van der Waals surface area contributed by atoms with E-state index in [0.29, 0.717) is 17.2 Å². The minimum atomic E-state index is -3.50. The van der Waals surface area contributed by atoms with Crippen molar-refractivity contribution in [3.63, 3.8) is 0 Å². The first-order valence-corrected chi connectivity index (χ1v) is 10.8. The molecule has 2 aromatic rings. The van der Waals surface area contributed by atoms with Crippen LogP contribution < -0.4 is 19.7 Å². The number of carbonyl (C=O) groups is 2. The van der Waals surface area contributed by atoms with Gasteiger partial charge < -0.3 is 19.7 Å². The molecule has 8 nitrogen and oxygen atoms in total. The van der Waals surface area contributed by atoms with Gasteiger partial charge in [-0.15, -0.1) is 0 Å². The Labute approximate surface area is 169 Å². The zero-order valence-corrected chi connectivity index (χ0v) is 17.2. The maximum Gasteiger partial charge on any atom is 0.229 e. The largest absolute Gasteiger partial charge is 0.497 e. The van der Waals surface area contributed by atoms with Gasteiger partial charge in [-0.3, -0.25) is 9.59 Å². The summed E-state index contributed by atoms with van der Waals surface area (Å²) >= 11 is 0. The minimum Gasteiger partial charge on any atom is -0.497 e. The molecule has 1 N–H and O–H groups in total. The highest BCUT2D eigenvalue weighted by atomic mass is 32.2. The van der Waals surface area contributed by atoms with E-state index in [4.69, 9.17) is 9.47 Å². The maximum absolute atomic E-state index is 12.7. The molecule has 0 radical (unpaired) electrons. The molecular formula is C20H22N2O6S. The van der Waals surface area contributed by atoms with Crippen molar-refractivity contribution in [1.29, 1.82) is 0 Å². The lowest BCUT2D eigenvalue weighted by molar-refractivity contribution is -0.122. The highest BCUT2D eigenvalue weighted by Gasteiger charge is 2.36. The van der Waals surface area contributed by atoms with Gasteiger partial charge in [0.15, 0.2) is 9.84 Å². The second kappa shape index (κ2) is 8.12. The van der Waals surface area contributed by atoms with Crippen molar-refractivity contribution in [3.8, 4) is 11.5 Å². The lowest BCUT2D eigenvalue weighted by Gasteiger charge is -2.20. The molecule has 0 bridgehead atoms. The maximum atomic E-state index is 12.7. The third-order valence-electron chi connectivity index (χ3n) is 4.72. The van der Waals surface area contributed by atoms with Crippen LogP contribution in [0.25, 0.3) is 0 Å². The first-order valence-electron chi connectivity index (χ1n) is 8.87. The van der Waals surface area contributed by atoms with Gasteiger partial charge >= 0.3 is 0 Å². The Morgan fingerprint density at radius 1 is 1.14 bits per heavy atom. The first kappa shape index (κ1) is 20.7. The number of hydrogen-bond donors (Lipinski definition) is 1. The van der Waals surface area contributed by atoms with Crippen LogP contribution in [0.1, 0.15) is 6.42 Å². The first-order chi connectivity index (χ1) is 13.7. The molecule has 3 rings (SSSR count). The third kappa shape index (κ3) is 4.34. The average Bonchev–Trinajstić information content (AvgIpc) is 3.08. The number of ether oxygens (including phenoxy) is 2. The molecule has 2 amide bonds. The fourth-order valence-corrected chi connectivity index (χ4v) is 4.10. The quantitative estimate of drug-likeness (QED) is 0.771. The predicted octanol–water partition coefficient (Wildman–Crippen LogP) is 2.10. The number of nitrogens with one attached hydrogen (secondary N) is 1. The number of benzene rings is 2. The lowest BCUT2D eigenvalue weighted by atomic mass is 10.1. The number of sulfone groups is 1. The Morgan fingerprint density at radius 2 is 1.86 bits per heavy atom. The molecule has 154 valence electrons. The predicted molar refractivity (Wildman–Crippen MR) is 108 cm³/mol. The summed E-state index contributed by atoms with van der Waals surface area (Å²) in [7, 11) is -0.480. The number of para-hydroxylation sites is 1. The molecule has 1 saturated heterocycles. The van der Waals surface area contributed by atoms with E-state index in [0.717, 1.165) is 6.26 Å². The molecule has 2 aromatic carbocycles. The molecule has 1 aliphatic rings. The normalized spacial score (nSPS) is 16.6. The summed E-state index contributed by atoms with van der Waals surface area (Å²) in [5, 5.41) is 2.65. The van der Waals surface area contributed by atoms with Gasteiger partial charge in [0.05, 0.1) is 36.4 Å². The highest BCUT2D eigenvalue weighted by Crippen LogP contribution is 2.36. The Hall–Kier alpha value is -3.07. The topological polar surface area (TPSA) is 102 Å². The van der Waals surface area contributed by atoms with Gasteiger partial charge in [0.1, 0.15) is 11.5 Å². The van der Waals surface area contributed by atoms with Crippen molar-refractivity contribution >= 4 is 33.0 Å². The number of rotatable bonds is 6. The summed E-state index contributed by atoms with van der Waals surface area (Å²) < 4.78 is 34.4. The molecule has 9 heteroatoms. The standard InChI is InChI=1S/C20H22N2O6S/c1-27-14-8-9-16(17(11-14)28-2)22-12-13(10-19(22)23)20(24)21-15-6-4-5-7-18(15)29(3,25)26/h4-9,11,13H,10,12H2,1-3H3,(H,21,24). The molecule has 29 heavy (non-hydrogen) atoms. The van der Waals surface area contributed by atoms with E-state index >= 15 is 0 Å². The van der Waals surface area contributed by atoms with E-state index in [9.17, 15) is 18.0 Å². The van der Waals surface area contributed by atoms with Crippen molar-refractivity contribution in [3.05, 3.63) is 42.5 Å². The molecule has 0 aromatic heterocycles. The van der Waals surface area contributed by atoms with Gasteiger partial charge in [0.2, 0.25) is 11.8 Å². The Kier molecular flexibility index (Phi) is 5.78. The van der Waals surface area contributed by atoms with E-state index < -0.39 is 21.7 Å². The van der Waals surface area contributed by atoms with E-state index in [-0.39, 0.29) is 29.5 Å². The van der Waals surface area contributed by atoms with Gasteiger partial charge in [-0.2, -0.15) is 0 Å². The van der Waals surface area contributed by atoms with Crippen LogP contribution >= 0.6 is 0 Å². The van der Waals surface area contributed by atoms with Crippen LogP contribution in [0, 0.1) is 5.92 Å². The fourth-order valence-electron chi connectivity index (χ4n) is 3.25. The average molecular weight is 418 g/mol. The second-order valence-corrected chi connectivity index (χ2v) is 8.68. The van der Waals surface area contributed by atoms with Crippen LogP contribution in [-0.2, 0) is 19.4 Å². The summed E-state index contributed by atoms with van der Waals surface area (Å²) in [5.41, 5.74) is 0.748. The van der Waals surface area contributed by atoms with Crippen LogP contribution in [0.2, 0.25) is 0 Å². The number of nitrogens with zero attached hydrogens (tertiary/aromatic N) is 1. The highest BCUT2D eigenvalue weighted by molar-refractivity contribution is 7.90. The van der Waals surface area contributed by atoms with E-state index in [2.05, 4.69) is 5.32 Å². The van der Waals surface area contributed by atoms with Crippen molar-refractivity contribution in [2.45, 2.75) is 11.3 Å². The van der Waals surface area contributed by atoms with Crippen molar-refractivity contribution < 1.29 is 27.5 Å². The zero-order valence-electron chi connectivity index (χ0n) is 16.3. The van der Waals surface area contributed by atoms with Crippen LogP contribution in [-0.4, -0.2) is 47.3 Å². The molecule has 0 saturated carbocycles. The SMILES string of the molecule is COc1ccc(N2CC(C(=O)Nc3ccccc3S(C)(=O)=O)CC2=O)c(OC)c1. The van der Waals surface area contributed by atoms with Crippen LogP contribution in [0.3, 0.4) is 0 Å². The molecule has 1 heterocycles. The Bertz CT molecular complexity index is 1050. The van der Waals surface area contributed by atoms with E-state index in [1.807, 2.05) is 0 Å². The van der Waals surface area contributed by atoms with Crippen molar-refractivity contribution in [2.75, 3.05) is 37.2 Å². The molecule has 1 unspecified atom stereocenters. The van der Waals surface area contributed by atoms with Crippen LogP contribution in [0.15, 0.2) is 47.4 Å². The van der Waals surface area contributed by atoms with Gasteiger partial charge in [0, 0.05) is 25.3 Å². The number of carbonyl (C=O) groups excluding carboxylic acids is 2. The van der Waals surface area contributed by atoms with Crippen molar-refractivity contribution in [1.82, 2.24) is 0 Å². The number of amides is 2. The van der Waals surface area contributed by atoms with Gasteiger partial charge in [0.25, 0.3) is 0 Å². The van der Waals surface area contributed by atoms with Gasteiger partial charge in [-0.25, -0.2) is 8.42 Å². The molecule has 1 atom stereocenters. The zero-order chi connectivity index (χ0) is 21.2. The number of methoxy groups -OCH3 is 2.